The first kappa shape index (κ1) is 20.5. The molecule has 0 atom stereocenters. The third-order valence-electron chi connectivity index (χ3n) is 6.07. The summed E-state index contributed by atoms with van der Waals surface area (Å²) in [4.78, 5) is 0. The fraction of sp³-hybridized carbons (Fsp3) is 0.0714. The number of aromatic hydroxyl groups is 5. The number of hydrogen-bond donors (Lipinski definition) is 5. The van der Waals surface area contributed by atoms with Gasteiger partial charge in [-0.25, -0.2) is 0 Å². The number of phenols is 5. The Morgan fingerprint density at radius 1 is 0.515 bits per heavy atom. The molecule has 0 aliphatic heterocycles. The van der Waals surface area contributed by atoms with Gasteiger partial charge in [-0.05, 0) is 47.0 Å². The minimum absolute atomic E-state index is 0.0716. The van der Waals surface area contributed by atoms with Crippen molar-refractivity contribution >= 4 is 21.5 Å². The predicted molar refractivity (Wildman–Crippen MR) is 129 cm³/mol. The summed E-state index contributed by atoms with van der Waals surface area (Å²) in [5.41, 5.74) is 2.48. The number of aryl methyl sites for hydroxylation is 1. The van der Waals surface area contributed by atoms with Gasteiger partial charge in [0, 0.05) is 33.9 Å². The lowest BCUT2D eigenvalue weighted by atomic mass is 9.92. The topological polar surface area (TPSA) is 101 Å². The van der Waals surface area contributed by atoms with Crippen LogP contribution in [0.4, 0.5) is 0 Å². The zero-order valence-electron chi connectivity index (χ0n) is 17.9. The lowest BCUT2D eigenvalue weighted by molar-refractivity contribution is 0.404. The minimum Gasteiger partial charge on any atom is -0.507 e. The quantitative estimate of drug-likeness (QED) is 0.220. The van der Waals surface area contributed by atoms with Gasteiger partial charge in [-0.2, -0.15) is 0 Å². The first-order chi connectivity index (χ1) is 15.8. The molecule has 0 radical (unpaired) electrons. The van der Waals surface area contributed by atoms with Gasteiger partial charge in [-0.3, -0.25) is 0 Å². The lowest BCUT2D eigenvalue weighted by Crippen LogP contribution is -1.95. The molecule has 0 unspecified atom stereocenters. The van der Waals surface area contributed by atoms with E-state index in [0.717, 1.165) is 16.3 Å². The molecule has 0 amide bonds. The van der Waals surface area contributed by atoms with Gasteiger partial charge in [0.05, 0.1) is 0 Å². The van der Waals surface area contributed by atoms with E-state index in [-0.39, 0.29) is 35.2 Å². The van der Waals surface area contributed by atoms with Crippen LogP contribution in [-0.4, -0.2) is 25.5 Å². The molecule has 5 aromatic carbocycles. The van der Waals surface area contributed by atoms with Gasteiger partial charge < -0.3 is 25.5 Å². The van der Waals surface area contributed by atoms with Crippen LogP contribution in [0.3, 0.4) is 0 Å². The van der Waals surface area contributed by atoms with Crippen LogP contribution in [0.2, 0.25) is 0 Å². The minimum atomic E-state index is -0.313. The van der Waals surface area contributed by atoms with Crippen molar-refractivity contribution in [3.05, 3.63) is 89.5 Å². The number of fused-ring (bicyclic) bond motifs is 2. The second kappa shape index (κ2) is 7.64. The molecule has 33 heavy (non-hydrogen) atoms. The summed E-state index contributed by atoms with van der Waals surface area (Å²) in [6.45, 7) is 1.86. The Labute approximate surface area is 190 Å². The van der Waals surface area contributed by atoms with Crippen molar-refractivity contribution in [1.82, 2.24) is 0 Å². The van der Waals surface area contributed by atoms with Crippen LogP contribution >= 0.6 is 0 Å². The molecule has 0 aliphatic carbocycles. The van der Waals surface area contributed by atoms with E-state index in [1.807, 2.05) is 31.2 Å². The SMILES string of the molecule is Cc1cc(Cc2cc3ccccc3c(O)c2O)c(O)c(-c2cc3ccccc3c(O)c2O)c1. The van der Waals surface area contributed by atoms with Crippen LogP contribution in [0.25, 0.3) is 32.7 Å². The van der Waals surface area contributed by atoms with Crippen molar-refractivity contribution in [2.45, 2.75) is 13.3 Å². The van der Waals surface area contributed by atoms with Crippen molar-refractivity contribution in [2.75, 3.05) is 0 Å². The van der Waals surface area contributed by atoms with Crippen LogP contribution in [0.5, 0.6) is 28.7 Å². The molecule has 0 spiro atoms. The van der Waals surface area contributed by atoms with Crippen molar-refractivity contribution in [2.24, 2.45) is 0 Å². The first-order valence-electron chi connectivity index (χ1n) is 10.5. The molecule has 164 valence electrons. The molecule has 0 fully saturated rings. The lowest BCUT2D eigenvalue weighted by Gasteiger charge is -2.16. The van der Waals surface area contributed by atoms with Crippen molar-refractivity contribution < 1.29 is 25.5 Å². The molecular formula is C28H22O5. The van der Waals surface area contributed by atoms with Crippen LogP contribution in [0.15, 0.2) is 72.8 Å². The Bertz CT molecular complexity index is 1550. The van der Waals surface area contributed by atoms with Gasteiger partial charge in [-0.15, -0.1) is 0 Å². The molecule has 0 bridgehead atoms. The summed E-state index contributed by atoms with van der Waals surface area (Å²) in [6, 6.07) is 21.4. The third-order valence-corrected chi connectivity index (χ3v) is 6.07. The maximum atomic E-state index is 11.2. The zero-order valence-corrected chi connectivity index (χ0v) is 17.9. The number of hydrogen-bond acceptors (Lipinski definition) is 5. The maximum Gasteiger partial charge on any atom is 0.166 e. The molecule has 5 aromatic rings. The Balaban J connectivity index is 1.67. The van der Waals surface area contributed by atoms with E-state index in [1.54, 1.807) is 48.5 Å². The first-order valence-corrected chi connectivity index (χ1v) is 10.5. The van der Waals surface area contributed by atoms with E-state index in [9.17, 15) is 25.5 Å². The molecule has 0 saturated heterocycles. The summed E-state index contributed by atoms with van der Waals surface area (Å²) >= 11 is 0. The van der Waals surface area contributed by atoms with Gasteiger partial charge in [0.25, 0.3) is 0 Å². The van der Waals surface area contributed by atoms with Crippen LogP contribution in [0, 0.1) is 6.92 Å². The fourth-order valence-corrected chi connectivity index (χ4v) is 4.43. The van der Waals surface area contributed by atoms with E-state index >= 15 is 0 Å². The summed E-state index contributed by atoms with van der Waals surface area (Å²) in [7, 11) is 0. The average molecular weight is 438 g/mol. The van der Waals surface area contributed by atoms with Gasteiger partial charge in [0.15, 0.2) is 23.0 Å². The third kappa shape index (κ3) is 3.34. The van der Waals surface area contributed by atoms with Gasteiger partial charge in [-0.1, -0.05) is 54.6 Å². The molecule has 0 saturated carbocycles. The standard InChI is InChI=1S/C28H22O5/c1-15-10-18(13-19-12-16-6-2-4-8-20(16)26(31)25(19)30)24(29)22(11-15)23-14-17-7-3-5-9-21(17)27(32)28(23)33/h2-12,14,29-33H,13H2,1H3. The molecular weight excluding hydrogens is 416 g/mol. The fourth-order valence-electron chi connectivity index (χ4n) is 4.43. The second-order valence-corrected chi connectivity index (χ2v) is 8.29. The van der Waals surface area contributed by atoms with Gasteiger partial charge in [0.2, 0.25) is 0 Å². The molecule has 0 aromatic heterocycles. The Hall–Kier alpha value is -4.38. The number of phenolic OH excluding ortho intramolecular Hbond substituents is 5. The van der Waals surface area contributed by atoms with E-state index < -0.39 is 0 Å². The summed E-state index contributed by atoms with van der Waals surface area (Å²) in [6.07, 6.45) is 0.158. The molecule has 0 aliphatic rings. The van der Waals surface area contributed by atoms with E-state index in [2.05, 4.69) is 0 Å². The zero-order chi connectivity index (χ0) is 23.3. The predicted octanol–water partition coefficient (Wildman–Crippen LogP) is 6.09. The Kier molecular flexibility index (Phi) is 4.75. The molecule has 5 N–H and O–H groups in total. The maximum absolute atomic E-state index is 11.2. The van der Waals surface area contributed by atoms with E-state index in [0.29, 0.717) is 33.0 Å². The highest BCUT2D eigenvalue weighted by molar-refractivity contribution is 5.97. The number of rotatable bonds is 3. The van der Waals surface area contributed by atoms with E-state index in [4.69, 9.17) is 0 Å². The van der Waals surface area contributed by atoms with Crippen molar-refractivity contribution in [3.63, 3.8) is 0 Å². The average Bonchev–Trinajstić information content (AvgIpc) is 2.82. The van der Waals surface area contributed by atoms with Crippen LogP contribution in [-0.2, 0) is 6.42 Å². The summed E-state index contributed by atoms with van der Waals surface area (Å²) < 4.78 is 0. The van der Waals surface area contributed by atoms with Gasteiger partial charge >= 0.3 is 0 Å². The highest BCUT2D eigenvalue weighted by Gasteiger charge is 2.20. The van der Waals surface area contributed by atoms with Crippen LogP contribution < -0.4 is 0 Å². The summed E-state index contributed by atoms with van der Waals surface area (Å²) in [5.74, 6) is -1.07. The number of benzene rings is 5. The molecule has 5 heteroatoms. The second-order valence-electron chi connectivity index (χ2n) is 8.29. The van der Waals surface area contributed by atoms with E-state index in [1.165, 1.54) is 0 Å². The normalized spacial score (nSPS) is 11.3. The van der Waals surface area contributed by atoms with Crippen molar-refractivity contribution in [1.29, 1.82) is 0 Å². The van der Waals surface area contributed by atoms with Gasteiger partial charge in [0.1, 0.15) is 5.75 Å². The highest BCUT2D eigenvalue weighted by Crippen LogP contribution is 2.46. The highest BCUT2D eigenvalue weighted by atomic mass is 16.3. The smallest absolute Gasteiger partial charge is 0.166 e. The molecule has 0 heterocycles. The monoisotopic (exact) mass is 438 g/mol. The van der Waals surface area contributed by atoms with Crippen LogP contribution in [0.1, 0.15) is 16.7 Å². The molecule has 5 rings (SSSR count). The molecule has 5 nitrogen and oxygen atoms in total. The Morgan fingerprint density at radius 2 is 1.03 bits per heavy atom. The van der Waals surface area contributed by atoms with Crippen molar-refractivity contribution in [3.8, 4) is 39.9 Å². The Morgan fingerprint density at radius 3 is 1.70 bits per heavy atom. The largest absolute Gasteiger partial charge is 0.507 e. The summed E-state index contributed by atoms with van der Waals surface area (Å²) in [5, 5.41) is 56.0.